The van der Waals surface area contributed by atoms with E-state index in [9.17, 15) is 88.2 Å². The number of aliphatic carboxylic acids is 2. The van der Waals surface area contributed by atoms with Gasteiger partial charge in [-0.3, -0.25) is 62.7 Å². The number of aliphatic hydroxyl groups excluding tert-OH is 3. The monoisotopic (exact) mass is 1360 g/mol. The van der Waals surface area contributed by atoms with Gasteiger partial charge in [-0.2, -0.15) is 0 Å². The van der Waals surface area contributed by atoms with E-state index in [0.717, 1.165) is 6.92 Å². The van der Waals surface area contributed by atoms with Crippen molar-refractivity contribution in [3.8, 4) is 5.75 Å². The molecular weight excluding hydrogens is 1270 g/mol. The highest BCUT2D eigenvalue weighted by atomic mass is 16.4. The Morgan fingerprint density at radius 3 is 1.32 bits per heavy atom. The third kappa shape index (κ3) is 30.6. The van der Waals surface area contributed by atoms with Crippen molar-refractivity contribution >= 4 is 82.9 Å². The normalized spacial score (nSPS) is 14.3. The number of nitrogens with two attached hydrogens (primary N) is 6. The predicted molar refractivity (Wildman–Crippen MR) is 349 cm³/mol. The number of rotatable bonds is 44. The molecule has 3 aromatic rings. The van der Waals surface area contributed by atoms with Crippen molar-refractivity contribution in [1.29, 1.82) is 0 Å². The number of guanidine groups is 2. The van der Waals surface area contributed by atoms with Crippen LogP contribution in [-0.2, 0) is 76.8 Å². The average molecular weight is 1360 g/mol. The van der Waals surface area contributed by atoms with E-state index in [1.165, 1.54) is 24.3 Å². The van der Waals surface area contributed by atoms with Gasteiger partial charge in [0.2, 0.25) is 59.1 Å². The van der Waals surface area contributed by atoms with E-state index in [4.69, 9.17) is 34.4 Å². The SMILES string of the molecule is C[C@@H](O)[C@H](NC(=O)[C@H](CC(=O)O)NC(=O)[C@H](Cc1ccccc1)NC(=O)[C@@H](N)CCCCN)C(=O)N[C@@H](CCCN=C(N)N)C(=O)N[C@@H](CCCN=C(N)N)C(=O)NCC(=O)N[C@@H](Cc1ccccc1)C(=O)N[C@@H](Cc1ccc(O)cc1)C(=O)N[C@@H](CO)C(=O)N[C@@H](CO)C(=O)O. The summed E-state index contributed by atoms with van der Waals surface area (Å²) in [5, 5.41) is 83.2. The summed E-state index contributed by atoms with van der Waals surface area (Å²) >= 11 is 0. The number of phenolic OH excluding ortho intramolecular Hbond substituents is 1. The van der Waals surface area contributed by atoms with E-state index in [1.807, 2.05) is 5.32 Å². The van der Waals surface area contributed by atoms with Crippen LogP contribution in [0.2, 0.25) is 0 Å². The Morgan fingerprint density at radius 1 is 0.454 bits per heavy atom. The summed E-state index contributed by atoms with van der Waals surface area (Å²) in [6.45, 7) is -1.77. The number of carbonyl (C=O) groups is 12. The minimum atomic E-state index is -1.97. The zero-order valence-corrected chi connectivity index (χ0v) is 53.4. The summed E-state index contributed by atoms with van der Waals surface area (Å²) in [7, 11) is 0. The van der Waals surface area contributed by atoms with Crippen molar-refractivity contribution in [2.75, 3.05) is 39.4 Å². The molecule has 0 radical (unpaired) electrons. The molecule has 0 fully saturated rings. The van der Waals surface area contributed by atoms with Crippen molar-refractivity contribution in [3.05, 3.63) is 102 Å². The fourth-order valence-corrected chi connectivity index (χ4v) is 9.24. The molecule has 532 valence electrons. The fraction of sp³-hybridized carbons (Fsp3) is 0.475. The zero-order valence-electron chi connectivity index (χ0n) is 53.4. The van der Waals surface area contributed by atoms with Crippen LogP contribution in [0.15, 0.2) is 94.9 Å². The van der Waals surface area contributed by atoms with Gasteiger partial charge >= 0.3 is 11.9 Å². The summed E-state index contributed by atoms with van der Waals surface area (Å²) in [6.07, 6.45) is -2.84. The first-order valence-electron chi connectivity index (χ1n) is 30.8. The van der Waals surface area contributed by atoms with E-state index >= 15 is 0 Å². The third-order valence-electron chi connectivity index (χ3n) is 14.4. The molecule has 0 saturated heterocycles. The molecular formula is C61H90N18O18. The Bertz CT molecular complexity index is 3160. The number of nitrogens with one attached hydrogen (secondary N) is 10. The van der Waals surface area contributed by atoms with Crippen LogP contribution in [0.5, 0.6) is 5.75 Å². The Kier molecular flexibility index (Phi) is 35.5. The van der Waals surface area contributed by atoms with Crippen LogP contribution in [0.1, 0.15) is 75.0 Å². The maximum absolute atomic E-state index is 14.4. The number of benzene rings is 3. The molecule has 0 bridgehead atoms. The number of hydrogen-bond acceptors (Lipinski definition) is 20. The van der Waals surface area contributed by atoms with Crippen molar-refractivity contribution < 1.29 is 88.2 Å². The van der Waals surface area contributed by atoms with Crippen LogP contribution in [0.4, 0.5) is 0 Å². The topological polar surface area (TPSA) is 627 Å². The molecule has 0 aliphatic carbocycles. The molecule has 11 atom stereocenters. The fourth-order valence-electron chi connectivity index (χ4n) is 9.24. The molecule has 3 rings (SSSR count). The van der Waals surface area contributed by atoms with E-state index in [0.29, 0.717) is 36.1 Å². The maximum Gasteiger partial charge on any atom is 0.328 e. The van der Waals surface area contributed by atoms with Crippen LogP contribution in [-0.4, -0.2) is 219 Å². The highest BCUT2D eigenvalue weighted by Gasteiger charge is 2.37. The molecule has 97 heavy (non-hydrogen) atoms. The number of hydrogen-bond donors (Lipinski definition) is 22. The lowest BCUT2D eigenvalue weighted by Gasteiger charge is -2.28. The van der Waals surface area contributed by atoms with Gasteiger partial charge in [0.15, 0.2) is 11.9 Å². The zero-order chi connectivity index (χ0) is 72.1. The average Bonchev–Trinajstić information content (AvgIpc) is 1.01. The van der Waals surface area contributed by atoms with Crippen LogP contribution >= 0.6 is 0 Å². The Balaban J connectivity index is 1.93. The quantitative estimate of drug-likeness (QED) is 0.0142. The number of phenols is 1. The van der Waals surface area contributed by atoms with Crippen molar-refractivity contribution in [3.63, 3.8) is 0 Å². The standard InChI is InChI=1S/C61H90N18O18/c1-33(82)49(79-56(93)44(29-48(85)86)76-54(91)42(27-35-14-6-3-7-15-35)74-50(87)38(63)16-8-9-23-62)58(95)73-40(18-11-25-69-61(66)67)52(89)72-39(17-10-24-68-60(64)65)51(88)70-30-47(84)71-41(26-34-12-4-2-5-13-34)53(90)75-43(28-36-19-21-37(83)22-20-36)55(92)77-45(31-80)57(94)78-46(32-81)59(96)97/h2-7,12-15,19-22,33,38-46,49,80-83H,8-11,16-18,23-32,62-63H2,1H3,(H,70,88)(H,71,84)(H,72,89)(H,73,95)(H,74,87)(H,75,90)(H,76,91)(H,77,92)(H,78,94)(H,79,93)(H,85,86)(H,96,97)(H4,64,65,68)(H4,66,67,69)/t33-,38+,39+,40+,41+,42+,43+,44+,45+,46+,49+/m1/s1. The van der Waals surface area contributed by atoms with Crippen LogP contribution < -0.4 is 87.6 Å². The molecule has 0 unspecified atom stereocenters. The largest absolute Gasteiger partial charge is 0.508 e. The van der Waals surface area contributed by atoms with Gasteiger partial charge in [0.25, 0.3) is 0 Å². The molecule has 3 aromatic carbocycles. The molecule has 0 aliphatic rings. The van der Waals surface area contributed by atoms with E-state index in [2.05, 4.69) is 57.8 Å². The lowest BCUT2D eigenvalue weighted by atomic mass is 10.0. The second-order valence-electron chi connectivity index (χ2n) is 22.3. The third-order valence-corrected chi connectivity index (χ3v) is 14.4. The Labute approximate surface area is 557 Å². The number of aromatic hydroxyl groups is 1. The highest BCUT2D eigenvalue weighted by molar-refractivity contribution is 5.99. The lowest BCUT2D eigenvalue weighted by Crippen LogP contribution is -2.62. The molecule has 0 aliphatic heterocycles. The molecule has 36 heteroatoms. The van der Waals surface area contributed by atoms with Crippen LogP contribution in [0, 0.1) is 0 Å². The highest BCUT2D eigenvalue weighted by Crippen LogP contribution is 2.14. The second kappa shape index (κ2) is 42.7. The van der Waals surface area contributed by atoms with Gasteiger partial charge < -0.3 is 118 Å². The number of amides is 10. The summed E-state index contributed by atoms with van der Waals surface area (Å²) < 4.78 is 0. The molecule has 0 spiro atoms. The molecule has 0 heterocycles. The first kappa shape index (κ1) is 80.7. The predicted octanol–water partition coefficient (Wildman–Crippen LogP) is -7.61. The van der Waals surface area contributed by atoms with Gasteiger partial charge in [-0.05, 0) is 80.8 Å². The van der Waals surface area contributed by atoms with Gasteiger partial charge in [0.05, 0.1) is 38.3 Å². The Morgan fingerprint density at radius 2 is 0.856 bits per heavy atom. The van der Waals surface area contributed by atoms with Crippen molar-refractivity contribution in [1.82, 2.24) is 53.2 Å². The number of carboxylic acids is 2. The number of carboxylic acid groups (broad SMARTS) is 2. The van der Waals surface area contributed by atoms with Gasteiger partial charge in [0, 0.05) is 32.4 Å². The summed E-state index contributed by atoms with van der Waals surface area (Å²) in [6, 6.07) is 5.54. The molecule has 0 saturated carbocycles. The van der Waals surface area contributed by atoms with E-state index in [1.54, 1.807) is 60.7 Å². The minimum Gasteiger partial charge on any atom is -0.508 e. The minimum absolute atomic E-state index is 0.00372. The molecule has 28 N–H and O–H groups in total. The van der Waals surface area contributed by atoms with Gasteiger partial charge in [0.1, 0.15) is 60.1 Å². The summed E-state index contributed by atoms with van der Waals surface area (Å²) in [4.78, 5) is 171. The lowest BCUT2D eigenvalue weighted by molar-refractivity contribution is -0.143. The van der Waals surface area contributed by atoms with Crippen LogP contribution in [0.3, 0.4) is 0 Å². The van der Waals surface area contributed by atoms with Crippen molar-refractivity contribution in [2.24, 2.45) is 44.4 Å². The van der Waals surface area contributed by atoms with Gasteiger partial charge in [-0.15, -0.1) is 0 Å². The number of carbonyl (C=O) groups excluding carboxylic acids is 10. The van der Waals surface area contributed by atoms with Gasteiger partial charge in [-0.1, -0.05) is 79.2 Å². The Hall–Kier alpha value is -10.6. The smallest absolute Gasteiger partial charge is 0.328 e. The van der Waals surface area contributed by atoms with Gasteiger partial charge in [-0.25, -0.2) is 4.79 Å². The van der Waals surface area contributed by atoms with Crippen molar-refractivity contribution in [2.45, 2.75) is 144 Å². The summed E-state index contributed by atoms with van der Waals surface area (Å²) in [5.41, 5.74) is 35.1. The molecule has 36 nitrogen and oxygen atoms in total. The molecule has 10 amide bonds. The van der Waals surface area contributed by atoms with E-state index < -0.39 is 164 Å². The maximum atomic E-state index is 14.4. The summed E-state index contributed by atoms with van der Waals surface area (Å²) in [5.74, 6) is -14.7. The number of aliphatic hydroxyl groups is 3. The number of nitrogens with zero attached hydrogens (tertiary/aromatic N) is 2. The second-order valence-corrected chi connectivity index (χ2v) is 22.3. The molecule has 0 aromatic heterocycles. The number of aliphatic imine (C=N–C) groups is 2. The first-order chi connectivity index (χ1) is 46.0. The van der Waals surface area contributed by atoms with E-state index in [-0.39, 0.29) is 82.1 Å². The first-order valence-corrected chi connectivity index (χ1v) is 30.8. The number of unbranched alkanes of at least 4 members (excludes halogenated alkanes) is 1. The van der Waals surface area contributed by atoms with Crippen LogP contribution in [0.25, 0.3) is 0 Å².